The number of nitrogens with two attached hydrogens (primary N) is 1. The van der Waals surface area contributed by atoms with Crippen molar-refractivity contribution in [3.8, 4) is 0 Å². The molecule has 0 atom stereocenters. The summed E-state index contributed by atoms with van der Waals surface area (Å²) in [5, 5.41) is 0. The molecule has 0 amide bonds. The third kappa shape index (κ3) is 1.76. The second-order valence-corrected chi connectivity index (χ2v) is 4.80. The van der Waals surface area contributed by atoms with Gasteiger partial charge in [-0.3, -0.25) is 0 Å². The maximum atomic E-state index is 13.9. The van der Waals surface area contributed by atoms with Gasteiger partial charge in [-0.15, -0.1) is 11.8 Å². The normalized spacial score (nSPS) is 17.9. The van der Waals surface area contributed by atoms with Crippen LogP contribution in [0.5, 0.6) is 0 Å². The molecule has 82 valence electrons. The molecule has 1 aromatic rings. The van der Waals surface area contributed by atoms with Gasteiger partial charge in [0.2, 0.25) is 0 Å². The summed E-state index contributed by atoms with van der Waals surface area (Å²) >= 11 is 1.22. The maximum absolute atomic E-state index is 13.9. The fraction of sp³-hybridized carbons (Fsp3) is 0.455. The van der Waals surface area contributed by atoms with Crippen LogP contribution in [0.4, 0.5) is 8.78 Å². The third-order valence-electron chi connectivity index (χ3n) is 3.04. The average molecular weight is 229 g/mol. The van der Waals surface area contributed by atoms with E-state index in [-0.39, 0.29) is 17.0 Å². The first-order valence-corrected chi connectivity index (χ1v) is 6.09. The Hall–Kier alpha value is -0.610. The van der Waals surface area contributed by atoms with E-state index in [9.17, 15) is 8.78 Å². The predicted octanol–water partition coefficient (Wildman–Crippen LogP) is 2.68. The summed E-state index contributed by atoms with van der Waals surface area (Å²) in [4.78, 5) is 0.365. The molecule has 1 aromatic carbocycles. The highest BCUT2D eigenvalue weighted by molar-refractivity contribution is 7.98. The summed E-state index contributed by atoms with van der Waals surface area (Å²) in [6.07, 6.45) is 3.46. The van der Waals surface area contributed by atoms with Crippen molar-refractivity contribution in [1.29, 1.82) is 0 Å². The van der Waals surface area contributed by atoms with E-state index in [1.54, 1.807) is 6.26 Å². The second-order valence-electron chi connectivity index (χ2n) is 3.95. The number of rotatable bonds is 3. The Morgan fingerprint density at radius 3 is 2.53 bits per heavy atom. The molecule has 0 unspecified atom stereocenters. The van der Waals surface area contributed by atoms with E-state index in [1.807, 2.05) is 0 Å². The van der Waals surface area contributed by atoms with E-state index in [1.165, 1.54) is 23.9 Å². The van der Waals surface area contributed by atoms with Crippen molar-refractivity contribution < 1.29 is 8.78 Å². The molecular formula is C11H13F2NS. The van der Waals surface area contributed by atoms with Gasteiger partial charge in [0, 0.05) is 16.9 Å². The smallest absolute Gasteiger partial charge is 0.140 e. The van der Waals surface area contributed by atoms with Crippen LogP contribution in [-0.4, -0.2) is 12.8 Å². The van der Waals surface area contributed by atoms with Gasteiger partial charge in [0.05, 0.1) is 0 Å². The Labute approximate surface area is 92.0 Å². The Morgan fingerprint density at radius 2 is 2.07 bits per heavy atom. The Bertz CT molecular complexity index is 388. The Morgan fingerprint density at radius 1 is 1.40 bits per heavy atom. The van der Waals surface area contributed by atoms with Gasteiger partial charge >= 0.3 is 0 Å². The van der Waals surface area contributed by atoms with Crippen LogP contribution >= 0.6 is 11.8 Å². The van der Waals surface area contributed by atoms with E-state index in [0.29, 0.717) is 17.0 Å². The standard InChI is InChI=1S/C11H13F2NS/c1-15-9-5-7(12)4-8(10(9)13)11(6-14)2-3-11/h4-5H,2-3,6,14H2,1H3. The lowest BCUT2D eigenvalue weighted by molar-refractivity contribution is 0.534. The van der Waals surface area contributed by atoms with E-state index in [4.69, 9.17) is 5.73 Å². The molecule has 2 N–H and O–H groups in total. The van der Waals surface area contributed by atoms with Crippen LogP contribution in [0, 0.1) is 11.6 Å². The van der Waals surface area contributed by atoms with E-state index < -0.39 is 0 Å². The summed E-state index contributed by atoms with van der Waals surface area (Å²) < 4.78 is 27.2. The van der Waals surface area contributed by atoms with Gasteiger partial charge < -0.3 is 5.73 Å². The minimum absolute atomic E-state index is 0.295. The fourth-order valence-corrected chi connectivity index (χ4v) is 2.35. The number of benzene rings is 1. The summed E-state index contributed by atoms with van der Waals surface area (Å²) in [6, 6.07) is 2.52. The molecule has 15 heavy (non-hydrogen) atoms. The summed E-state index contributed by atoms with van der Waals surface area (Å²) in [6.45, 7) is 0.390. The SMILES string of the molecule is CSc1cc(F)cc(C2(CN)CC2)c1F. The highest BCUT2D eigenvalue weighted by atomic mass is 32.2. The Kier molecular flexibility index (Phi) is 2.73. The van der Waals surface area contributed by atoms with Gasteiger partial charge in [-0.25, -0.2) is 8.78 Å². The Balaban J connectivity index is 2.51. The van der Waals surface area contributed by atoms with E-state index in [0.717, 1.165) is 12.8 Å². The quantitative estimate of drug-likeness (QED) is 0.806. The average Bonchev–Trinajstić information content (AvgIpc) is 3.01. The van der Waals surface area contributed by atoms with Crippen molar-refractivity contribution in [3.63, 3.8) is 0 Å². The van der Waals surface area contributed by atoms with Crippen molar-refractivity contribution in [2.75, 3.05) is 12.8 Å². The van der Waals surface area contributed by atoms with Gasteiger partial charge in [-0.05, 0) is 36.8 Å². The molecule has 2 rings (SSSR count). The molecule has 0 bridgehead atoms. The largest absolute Gasteiger partial charge is 0.330 e. The van der Waals surface area contributed by atoms with Gasteiger partial charge in [-0.1, -0.05) is 0 Å². The van der Waals surface area contributed by atoms with Gasteiger partial charge in [0.25, 0.3) is 0 Å². The molecule has 1 nitrogen and oxygen atoms in total. The molecule has 0 heterocycles. The number of hydrogen-bond acceptors (Lipinski definition) is 2. The molecule has 1 aliphatic carbocycles. The van der Waals surface area contributed by atoms with Crippen molar-refractivity contribution in [3.05, 3.63) is 29.3 Å². The van der Waals surface area contributed by atoms with Crippen molar-refractivity contribution in [2.24, 2.45) is 5.73 Å². The zero-order chi connectivity index (χ0) is 11.1. The molecule has 0 aliphatic heterocycles. The maximum Gasteiger partial charge on any atom is 0.140 e. The minimum Gasteiger partial charge on any atom is -0.330 e. The molecular weight excluding hydrogens is 216 g/mol. The topological polar surface area (TPSA) is 26.0 Å². The zero-order valence-electron chi connectivity index (χ0n) is 8.52. The van der Waals surface area contributed by atoms with Crippen LogP contribution in [0.1, 0.15) is 18.4 Å². The van der Waals surface area contributed by atoms with E-state index >= 15 is 0 Å². The first-order valence-electron chi connectivity index (χ1n) is 4.86. The summed E-state index contributed by atoms with van der Waals surface area (Å²) in [5.41, 5.74) is 5.77. The minimum atomic E-state index is -0.379. The van der Waals surface area contributed by atoms with Crippen LogP contribution in [0.3, 0.4) is 0 Å². The lowest BCUT2D eigenvalue weighted by Crippen LogP contribution is -2.21. The van der Waals surface area contributed by atoms with Crippen LogP contribution in [0.25, 0.3) is 0 Å². The first-order chi connectivity index (χ1) is 7.13. The number of halogens is 2. The van der Waals surface area contributed by atoms with Gasteiger partial charge in [0.15, 0.2) is 0 Å². The summed E-state index contributed by atoms with van der Waals surface area (Å²) in [5.74, 6) is -0.678. The fourth-order valence-electron chi connectivity index (χ4n) is 1.83. The monoisotopic (exact) mass is 229 g/mol. The van der Waals surface area contributed by atoms with Crippen molar-refractivity contribution >= 4 is 11.8 Å². The summed E-state index contributed by atoms with van der Waals surface area (Å²) in [7, 11) is 0. The van der Waals surface area contributed by atoms with Crippen LogP contribution < -0.4 is 5.73 Å². The van der Waals surface area contributed by atoms with Gasteiger partial charge in [-0.2, -0.15) is 0 Å². The molecule has 4 heteroatoms. The molecule has 0 aromatic heterocycles. The zero-order valence-corrected chi connectivity index (χ0v) is 9.33. The molecule has 1 aliphatic rings. The van der Waals surface area contributed by atoms with Crippen molar-refractivity contribution in [2.45, 2.75) is 23.2 Å². The van der Waals surface area contributed by atoms with Crippen LogP contribution in [0.2, 0.25) is 0 Å². The van der Waals surface area contributed by atoms with Crippen LogP contribution in [-0.2, 0) is 5.41 Å². The molecule has 1 fully saturated rings. The lowest BCUT2D eigenvalue weighted by Gasteiger charge is -2.15. The highest BCUT2D eigenvalue weighted by Crippen LogP contribution is 2.49. The van der Waals surface area contributed by atoms with Crippen LogP contribution in [0.15, 0.2) is 17.0 Å². The molecule has 0 saturated heterocycles. The molecule has 1 saturated carbocycles. The van der Waals surface area contributed by atoms with Crippen molar-refractivity contribution in [1.82, 2.24) is 0 Å². The molecule has 0 spiro atoms. The molecule has 0 radical (unpaired) electrons. The lowest BCUT2D eigenvalue weighted by atomic mass is 9.95. The third-order valence-corrected chi connectivity index (χ3v) is 3.78. The van der Waals surface area contributed by atoms with E-state index in [2.05, 4.69) is 0 Å². The number of hydrogen-bond donors (Lipinski definition) is 1. The second kappa shape index (κ2) is 3.76. The predicted molar refractivity (Wildman–Crippen MR) is 58.1 cm³/mol. The number of thioether (sulfide) groups is 1. The highest BCUT2D eigenvalue weighted by Gasteiger charge is 2.45. The van der Waals surface area contributed by atoms with Gasteiger partial charge in [0.1, 0.15) is 11.6 Å². The first kappa shape index (κ1) is 10.9.